The SMILES string of the molecule is O=C(COc1ccc(/C=C2\C(=O)Nc3ccc(F)cc32)cc1)Nc1ccccc1. The molecule has 0 aliphatic carbocycles. The highest BCUT2D eigenvalue weighted by Crippen LogP contribution is 2.33. The first kappa shape index (κ1) is 18.4. The zero-order valence-corrected chi connectivity index (χ0v) is 15.3. The van der Waals surface area contributed by atoms with Crippen molar-refractivity contribution in [2.75, 3.05) is 17.2 Å². The van der Waals surface area contributed by atoms with E-state index >= 15 is 0 Å². The summed E-state index contributed by atoms with van der Waals surface area (Å²) in [5.41, 5.74) is 2.98. The van der Waals surface area contributed by atoms with E-state index in [1.54, 1.807) is 48.5 Å². The lowest BCUT2D eigenvalue weighted by Gasteiger charge is -2.08. The van der Waals surface area contributed by atoms with Crippen LogP contribution in [0.5, 0.6) is 5.75 Å². The highest BCUT2D eigenvalue weighted by molar-refractivity contribution is 6.34. The van der Waals surface area contributed by atoms with Crippen molar-refractivity contribution < 1.29 is 18.7 Å². The fourth-order valence-corrected chi connectivity index (χ4v) is 3.00. The first-order chi connectivity index (χ1) is 14.1. The zero-order chi connectivity index (χ0) is 20.2. The van der Waals surface area contributed by atoms with Crippen LogP contribution in [0.1, 0.15) is 11.1 Å². The second-order valence-electron chi connectivity index (χ2n) is 6.47. The lowest BCUT2D eigenvalue weighted by molar-refractivity contribution is -0.118. The van der Waals surface area contributed by atoms with Gasteiger partial charge in [-0.3, -0.25) is 9.59 Å². The van der Waals surface area contributed by atoms with Gasteiger partial charge < -0.3 is 15.4 Å². The number of hydrogen-bond acceptors (Lipinski definition) is 3. The molecule has 3 aromatic carbocycles. The molecule has 29 heavy (non-hydrogen) atoms. The average molecular weight is 388 g/mol. The van der Waals surface area contributed by atoms with Gasteiger partial charge in [0, 0.05) is 22.5 Å². The van der Waals surface area contributed by atoms with Crippen molar-refractivity contribution in [2.45, 2.75) is 0 Å². The number of benzene rings is 3. The molecule has 0 bridgehead atoms. The lowest BCUT2D eigenvalue weighted by Crippen LogP contribution is -2.20. The standard InChI is InChI=1S/C23H17FN2O3/c24-16-8-11-21-19(13-16)20(23(28)26-21)12-15-6-9-18(10-7-15)29-14-22(27)25-17-4-2-1-3-5-17/h1-13H,14H2,(H,25,27)(H,26,28)/b20-12-. The number of anilines is 2. The van der Waals surface area contributed by atoms with Crippen molar-refractivity contribution in [1.82, 2.24) is 0 Å². The highest BCUT2D eigenvalue weighted by Gasteiger charge is 2.24. The van der Waals surface area contributed by atoms with Gasteiger partial charge in [0.1, 0.15) is 11.6 Å². The maximum absolute atomic E-state index is 13.5. The molecule has 0 atom stereocenters. The molecule has 0 aromatic heterocycles. The van der Waals surface area contributed by atoms with E-state index in [1.165, 1.54) is 12.1 Å². The van der Waals surface area contributed by atoms with Crippen LogP contribution in [-0.4, -0.2) is 18.4 Å². The van der Waals surface area contributed by atoms with Gasteiger partial charge in [0.25, 0.3) is 11.8 Å². The maximum Gasteiger partial charge on any atom is 0.262 e. The molecule has 1 aliphatic heterocycles. The van der Waals surface area contributed by atoms with E-state index in [0.717, 1.165) is 5.56 Å². The normalized spacial score (nSPS) is 13.7. The molecule has 0 radical (unpaired) electrons. The van der Waals surface area contributed by atoms with E-state index in [4.69, 9.17) is 4.74 Å². The summed E-state index contributed by atoms with van der Waals surface area (Å²) >= 11 is 0. The molecule has 1 aliphatic rings. The van der Waals surface area contributed by atoms with Crippen molar-refractivity contribution in [1.29, 1.82) is 0 Å². The van der Waals surface area contributed by atoms with E-state index in [1.807, 2.05) is 18.2 Å². The van der Waals surface area contributed by atoms with Gasteiger partial charge in [0.05, 0.1) is 0 Å². The molecule has 3 aromatic rings. The van der Waals surface area contributed by atoms with Crippen LogP contribution in [0.15, 0.2) is 72.8 Å². The Morgan fingerprint density at radius 1 is 1.03 bits per heavy atom. The molecule has 2 N–H and O–H groups in total. The largest absolute Gasteiger partial charge is 0.484 e. The molecule has 4 rings (SSSR count). The Bertz CT molecular complexity index is 1090. The molecular weight excluding hydrogens is 371 g/mol. The number of halogens is 1. The number of nitrogens with one attached hydrogen (secondary N) is 2. The van der Waals surface area contributed by atoms with Gasteiger partial charge in [-0.15, -0.1) is 0 Å². The van der Waals surface area contributed by atoms with Gasteiger partial charge in [-0.05, 0) is 54.1 Å². The fourth-order valence-electron chi connectivity index (χ4n) is 3.00. The molecule has 0 spiro atoms. The van der Waals surface area contributed by atoms with Gasteiger partial charge in [-0.1, -0.05) is 30.3 Å². The third-order valence-electron chi connectivity index (χ3n) is 4.38. The fraction of sp³-hybridized carbons (Fsp3) is 0.0435. The summed E-state index contributed by atoms with van der Waals surface area (Å²) in [6.45, 7) is -0.121. The Hall–Kier alpha value is -3.93. The van der Waals surface area contributed by atoms with Crippen LogP contribution in [0.2, 0.25) is 0 Å². The van der Waals surface area contributed by atoms with E-state index < -0.39 is 5.82 Å². The molecular formula is C23H17FN2O3. The number of amides is 2. The van der Waals surface area contributed by atoms with Crippen molar-refractivity contribution in [3.63, 3.8) is 0 Å². The molecule has 6 heteroatoms. The summed E-state index contributed by atoms with van der Waals surface area (Å²) < 4.78 is 19.0. The van der Waals surface area contributed by atoms with Crippen LogP contribution in [-0.2, 0) is 9.59 Å². The van der Waals surface area contributed by atoms with E-state index in [2.05, 4.69) is 10.6 Å². The Morgan fingerprint density at radius 2 is 1.79 bits per heavy atom. The van der Waals surface area contributed by atoms with Gasteiger partial charge in [0.2, 0.25) is 0 Å². The minimum absolute atomic E-state index is 0.121. The van der Waals surface area contributed by atoms with Crippen molar-refractivity contribution in [2.24, 2.45) is 0 Å². The summed E-state index contributed by atoms with van der Waals surface area (Å²) in [4.78, 5) is 24.1. The molecule has 0 unspecified atom stereocenters. The third-order valence-corrected chi connectivity index (χ3v) is 4.38. The predicted octanol–water partition coefficient (Wildman–Crippen LogP) is 4.34. The molecule has 5 nitrogen and oxygen atoms in total. The minimum Gasteiger partial charge on any atom is -0.484 e. The number of rotatable bonds is 5. The minimum atomic E-state index is -0.399. The number of carbonyl (C=O) groups excluding carboxylic acids is 2. The van der Waals surface area contributed by atoms with E-state index in [0.29, 0.717) is 28.3 Å². The smallest absolute Gasteiger partial charge is 0.262 e. The van der Waals surface area contributed by atoms with E-state index in [9.17, 15) is 14.0 Å². The second-order valence-corrected chi connectivity index (χ2v) is 6.47. The van der Waals surface area contributed by atoms with Gasteiger partial charge >= 0.3 is 0 Å². The van der Waals surface area contributed by atoms with Crippen LogP contribution in [0, 0.1) is 5.82 Å². The molecule has 0 saturated heterocycles. The number of carbonyl (C=O) groups is 2. The Morgan fingerprint density at radius 3 is 2.55 bits per heavy atom. The molecule has 2 amide bonds. The van der Waals surface area contributed by atoms with Crippen LogP contribution in [0.4, 0.5) is 15.8 Å². The van der Waals surface area contributed by atoms with Crippen LogP contribution in [0.25, 0.3) is 11.6 Å². The number of fused-ring (bicyclic) bond motifs is 1. The van der Waals surface area contributed by atoms with Gasteiger partial charge in [-0.25, -0.2) is 4.39 Å². The number of para-hydroxylation sites is 1. The zero-order valence-electron chi connectivity index (χ0n) is 15.3. The molecule has 144 valence electrons. The second kappa shape index (κ2) is 7.98. The quantitative estimate of drug-likeness (QED) is 0.639. The molecule has 1 heterocycles. The number of hydrogen-bond donors (Lipinski definition) is 2. The van der Waals surface area contributed by atoms with Crippen LogP contribution >= 0.6 is 0 Å². The molecule has 0 fully saturated rings. The third kappa shape index (κ3) is 4.32. The molecule has 0 saturated carbocycles. The van der Waals surface area contributed by atoms with Crippen molar-refractivity contribution >= 4 is 34.8 Å². The highest BCUT2D eigenvalue weighted by atomic mass is 19.1. The first-order valence-corrected chi connectivity index (χ1v) is 8.99. The summed E-state index contributed by atoms with van der Waals surface area (Å²) in [6.07, 6.45) is 1.69. The number of ether oxygens (including phenoxy) is 1. The average Bonchev–Trinajstić information content (AvgIpc) is 3.03. The summed E-state index contributed by atoms with van der Waals surface area (Å²) in [5, 5.41) is 5.46. The Balaban J connectivity index is 1.41. The topological polar surface area (TPSA) is 67.4 Å². The monoisotopic (exact) mass is 388 g/mol. The van der Waals surface area contributed by atoms with E-state index in [-0.39, 0.29) is 18.4 Å². The summed E-state index contributed by atoms with van der Waals surface area (Å²) in [5.74, 6) is -0.409. The van der Waals surface area contributed by atoms with Crippen molar-refractivity contribution in [3.05, 3.63) is 89.7 Å². The Kier molecular flexibility index (Phi) is 5.07. The maximum atomic E-state index is 13.5. The predicted molar refractivity (Wildman–Crippen MR) is 110 cm³/mol. The van der Waals surface area contributed by atoms with Gasteiger partial charge in [0.15, 0.2) is 6.61 Å². The first-order valence-electron chi connectivity index (χ1n) is 8.99. The van der Waals surface area contributed by atoms with Crippen LogP contribution in [0.3, 0.4) is 0 Å². The summed E-state index contributed by atoms with van der Waals surface area (Å²) in [7, 11) is 0. The van der Waals surface area contributed by atoms with Crippen LogP contribution < -0.4 is 15.4 Å². The van der Waals surface area contributed by atoms with Crippen molar-refractivity contribution in [3.8, 4) is 5.75 Å². The Labute approximate surface area is 166 Å². The van der Waals surface area contributed by atoms with Gasteiger partial charge in [-0.2, -0.15) is 0 Å². The lowest BCUT2D eigenvalue weighted by atomic mass is 10.0. The summed E-state index contributed by atoms with van der Waals surface area (Å²) in [6, 6.07) is 20.3.